The Balaban J connectivity index is 1.92. The van der Waals surface area contributed by atoms with Gasteiger partial charge in [-0.1, -0.05) is 72.8 Å². The molecule has 4 aromatic rings. The van der Waals surface area contributed by atoms with Gasteiger partial charge in [0, 0.05) is 22.8 Å². The van der Waals surface area contributed by atoms with Crippen LogP contribution in [-0.4, -0.2) is 27.7 Å². The molecule has 0 N–H and O–H groups in total. The number of benzene rings is 3. The third-order valence-corrected chi connectivity index (χ3v) is 4.18. The van der Waals surface area contributed by atoms with Gasteiger partial charge < -0.3 is 0 Å². The maximum Gasteiger partial charge on any atom is 0.263 e. The molecule has 6 nitrogen and oxygen atoms in total. The molecular formula is C21H13BN4O2. The van der Waals surface area contributed by atoms with Gasteiger partial charge in [-0.05, 0) is 5.46 Å². The van der Waals surface area contributed by atoms with Gasteiger partial charge in [0.05, 0.1) is 4.92 Å². The van der Waals surface area contributed by atoms with Crippen LogP contribution in [0.3, 0.4) is 0 Å². The molecule has 0 aliphatic carbocycles. The van der Waals surface area contributed by atoms with Crippen LogP contribution in [0.2, 0.25) is 0 Å². The minimum Gasteiger partial charge on any atom is -0.258 e. The van der Waals surface area contributed by atoms with Crippen LogP contribution in [0.25, 0.3) is 34.2 Å². The lowest BCUT2D eigenvalue weighted by molar-refractivity contribution is -0.383. The van der Waals surface area contributed by atoms with Crippen molar-refractivity contribution in [3.63, 3.8) is 0 Å². The first-order valence-electron chi connectivity index (χ1n) is 8.53. The van der Waals surface area contributed by atoms with Gasteiger partial charge in [0.25, 0.3) is 5.69 Å². The molecule has 1 heterocycles. The summed E-state index contributed by atoms with van der Waals surface area (Å²) >= 11 is 0. The Morgan fingerprint density at radius 1 is 0.679 bits per heavy atom. The Labute approximate surface area is 162 Å². The number of nitrogens with zero attached hydrogens (tertiary/aromatic N) is 4. The molecule has 0 spiro atoms. The van der Waals surface area contributed by atoms with Gasteiger partial charge in [-0.2, -0.15) is 0 Å². The van der Waals surface area contributed by atoms with E-state index in [4.69, 9.17) is 7.85 Å². The topological polar surface area (TPSA) is 81.8 Å². The zero-order valence-corrected chi connectivity index (χ0v) is 14.7. The zero-order chi connectivity index (χ0) is 19.5. The second-order valence-corrected chi connectivity index (χ2v) is 6.07. The fourth-order valence-corrected chi connectivity index (χ4v) is 2.78. The molecule has 0 aliphatic heterocycles. The molecule has 3 aromatic carbocycles. The lowest BCUT2D eigenvalue weighted by Crippen LogP contribution is -2.09. The lowest BCUT2D eigenvalue weighted by atomic mass is 9.93. The predicted molar refractivity (Wildman–Crippen MR) is 108 cm³/mol. The summed E-state index contributed by atoms with van der Waals surface area (Å²) in [5.41, 5.74) is 2.06. The van der Waals surface area contributed by atoms with E-state index < -0.39 is 4.92 Å². The summed E-state index contributed by atoms with van der Waals surface area (Å²) in [6.45, 7) is 0. The summed E-state index contributed by atoms with van der Waals surface area (Å²) in [5.74, 6) is 1.32. The Hall–Kier alpha value is -3.87. The maximum absolute atomic E-state index is 11.3. The van der Waals surface area contributed by atoms with Gasteiger partial charge in [-0.15, -0.1) is 0 Å². The van der Waals surface area contributed by atoms with Crippen LogP contribution in [0.1, 0.15) is 0 Å². The van der Waals surface area contributed by atoms with Crippen LogP contribution in [-0.2, 0) is 0 Å². The van der Waals surface area contributed by atoms with Crippen LogP contribution in [0, 0.1) is 10.1 Å². The van der Waals surface area contributed by atoms with E-state index in [0.717, 1.165) is 11.1 Å². The van der Waals surface area contributed by atoms with Gasteiger partial charge in [0.2, 0.25) is 0 Å². The van der Waals surface area contributed by atoms with Crippen molar-refractivity contribution in [2.24, 2.45) is 0 Å². The van der Waals surface area contributed by atoms with E-state index in [-0.39, 0.29) is 11.2 Å². The SMILES string of the molecule is [B]c1ccc(-c2nc(-c3ccccc3)nc(-c3ccccc3)n2)cc1[N+](=O)[O-]. The molecule has 0 atom stereocenters. The largest absolute Gasteiger partial charge is 0.263 e. The Kier molecular flexibility index (Phi) is 4.64. The Morgan fingerprint density at radius 2 is 1.14 bits per heavy atom. The van der Waals surface area contributed by atoms with Crippen molar-refractivity contribution >= 4 is 19.0 Å². The van der Waals surface area contributed by atoms with E-state index in [1.165, 1.54) is 12.1 Å². The molecule has 0 unspecified atom stereocenters. The number of aromatic nitrogens is 3. The molecule has 4 rings (SSSR count). The van der Waals surface area contributed by atoms with Crippen LogP contribution >= 0.6 is 0 Å². The molecule has 1 aromatic heterocycles. The van der Waals surface area contributed by atoms with Crippen LogP contribution in [0.4, 0.5) is 5.69 Å². The van der Waals surface area contributed by atoms with Gasteiger partial charge in [-0.25, -0.2) is 15.0 Å². The summed E-state index contributed by atoms with van der Waals surface area (Å²) in [6.07, 6.45) is 0. The van der Waals surface area contributed by atoms with Gasteiger partial charge in [0.1, 0.15) is 7.85 Å². The van der Waals surface area contributed by atoms with Crippen LogP contribution in [0.5, 0.6) is 0 Å². The molecular weight excluding hydrogens is 351 g/mol. The highest BCUT2D eigenvalue weighted by molar-refractivity contribution is 6.35. The molecule has 0 aliphatic rings. The Morgan fingerprint density at radius 3 is 1.61 bits per heavy atom. The highest BCUT2D eigenvalue weighted by Crippen LogP contribution is 2.25. The summed E-state index contributed by atoms with van der Waals surface area (Å²) in [7, 11) is 5.72. The van der Waals surface area contributed by atoms with Gasteiger partial charge >= 0.3 is 0 Å². The van der Waals surface area contributed by atoms with E-state index in [0.29, 0.717) is 23.0 Å². The standard InChI is InChI=1S/C21H13BN4O2/c22-17-12-11-16(13-18(17)26(27)28)21-24-19(14-7-3-1-4-8-14)23-20(25-21)15-9-5-2-6-10-15/h1-13H. The number of nitro benzene ring substituents is 1. The smallest absolute Gasteiger partial charge is 0.258 e. The van der Waals surface area contributed by atoms with Crippen molar-refractivity contribution in [1.29, 1.82) is 0 Å². The minimum atomic E-state index is -0.518. The van der Waals surface area contributed by atoms with Crippen molar-refractivity contribution in [2.75, 3.05) is 0 Å². The molecule has 0 saturated heterocycles. The normalized spacial score (nSPS) is 10.6. The molecule has 0 bridgehead atoms. The van der Waals surface area contributed by atoms with Crippen molar-refractivity contribution < 1.29 is 4.92 Å². The molecule has 0 saturated carbocycles. The highest BCUT2D eigenvalue weighted by Gasteiger charge is 2.16. The van der Waals surface area contributed by atoms with E-state index in [1.54, 1.807) is 6.07 Å². The summed E-state index contributed by atoms with van der Waals surface area (Å²) < 4.78 is 0. The molecule has 132 valence electrons. The number of hydrogen-bond donors (Lipinski definition) is 0. The fourth-order valence-electron chi connectivity index (χ4n) is 2.78. The molecule has 0 fully saturated rings. The fraction of sp³-hybridized carbons (Fsp3) is 0. The average Bonchev–Trinajstić information content (AvgIpc) is 2.75. The second kappa shape index (κ2) is 7.40. The molecule has 2 radical (unpaired) electrons. The molecule has 0 amide bonds. The summed E-state index contributed by atoms with van der Waals surface area (Å²) in [6, 6.07) is 23.6. The first-order valence-corrected chi connectivity index (χ1v) is 8.53. The van der Waals surface area contributed by atoms with Crippen molar-refractivity contribution in [2.45, 2.75) is 0 Å². The zero-order valence-electron chi connectivity index (χ0n) is 14.7. The van der Waals surface area contributed by atoms with E-state index in [1.807, 2.05) is 60.7 Å². The quantitative estimate of drug-likeness (QED) is 0.314. The lowest BCUT2D eigenvalue weighted by Gasteiger charge is -2.08. The predicted octanol–water partition coefficient (Wildman–Crippen LogP) is 3.57. The van der Waals surface area contributed by atoms with Crippen molar-refractivity contribution in [3.05, 3.63) is 89.0 Å². The third kappa shape index (κ3) is 3.50. The first-order chi connectivity index (χ1) is 13.6. The van der Waals surface area contributed by atoms with Gasteiger partial charge in [-0.3, -0.25) is 10.1 Å². The molecule has 7 heteroatoms. The second-order valence-electron chi connectivity index (χ2n) is 6.07. The number of hydrogen-bond acceptors (Lipinski definition) is 5. The average molecular weight is 364 g/mol. The minimum absolute atomic E-state index is 0.0920. The van der Waals surface area contributed by atoms with Crippen molar-refractivity contribution in [3.8, 4) is 34.2 Å². The first kappa shape index (κ1) is 17.5. The van der Waals surface area contributed by atoms with Crippen molar-refractivity contribution in [1.82, 2.24) is 15.0 Å². The Bertz CT molecular complexity index is 1090. The van der Waals surface area contributed by atoms with E-state index >= 15 is 0 Å². The number of rotatable bonds is 4. The van der Waals surface area contributed by atoms with Gasteiger partial charge in [0.15, 0.2) is 17.5 Å². The van der Waals surface area contributed by atoms with E-state index in [2.05, 4.69) is 15.0 Å². The van der Waals surface area contributed by atoms with Crippen LogP contribution < -0.4 is 5.46 Å². The summed E-state index contributed by atoms with van der Waals surface area (Å²) in [5, 5.41) is 11.3. The maximum atomic E-state index is 11.3. The summed E-state index contributed by atoms with van der Waals surface area (Å²) in [4.78, 5) is 24.4. The monoisotopic (exact) mass is 364 g/mol. The third-order valence-electron chi connectivity index (χ3n) is 4.18. The highest BCUT2D eigenvalue weighted by atomic mass is 16.6. The van der Waals surface area contributed by atoms with Crippen LogP contribution in [0.15, 0.2) is 78.9 Å². The van der Waals surface area contributed by atoms with E-state index in [9.17, 15) is 10.1 Å². The number of nitro groups is 1. The molecule has 28 heavy (non-hydrogen) atoms.